The molecule has 0 saturated carbocycles. The van der Waals surface area contributed by atoms with Gasteiger partial charge in [-0.15, -0.1) is 0 Å². The number of benzene rings is 1. The van der Waals surface area contributed by atoms with Gasteiger partial charge in [0.1, 0.15) is 11.6 Å². The van der Waals surface area contributed by atoms with Gasteiger partial charge < -0.3 is 4.74 Å². The van der Waals surface area contributed by atoms with Crippen LogP contribution in [0.3, 0.4) is 0 Å². The van der Waals surface area contributed by atoms with Gasteiger partial charge in [0.2, 0.25) is 0 Å². The summed E-state index contributed by atoms with van der Waals surface area (Å²) in [7, 11) is 0. The maximum Gasteiger partial charge on any atom is 0.126 e. The molecular formula is C12H13BrF2O. The highest BCUT2D eigenvalue weighted by atomic mass is 79.9. The summed E-state index contributed by atoms with van der Waals surface area (Å²) in [6.07, 6.45) is -0.145. The van der Waals surface area contributed by atoms with Crippen molar-refractivity contribution in [2.75, 3.05) is 0 Å². The molecule has 1 saturated heterocycles. The van der Waals surface area contributed by atoms with Crippen molar-refractivity contribution in [3.63, 3.8) is 0 Å². The zero-order valence-electron chi connectivity index (χ0n) is 9.08. The van der Waals surface area contributed by atoms with Crippen molar-refractivity contribution < 1.29 is 13.5 Å². The summed E-state index contributed by atoms with van der Waals surface area (Å²) in [5.41, 5.74) is 0.552. The second-order valence-corrected chi connectivity index (χ2v) is 5.47. The third-order valence-electron chi connectivity index (χ3n) is 2.78. The van der Waals surface area contributed by atoms with Gasteiger partial charge in [0.05, 0.1) is 17.0 Å². The number of ether oxygens (including phenoxy) is 1. The largest absolute Gasteiger partial charge is 0.367 e. The highest BCUT2D eigenvalue weighted by Crippen LogP contribution is 2.43. The van der Waals surface area contributed by atoms with Gasteiger partial charge in [-0.3, -0.25) is 0 Å². The van der Waals surface area contributed by atoms with E-state index in [0.29, 0.717) is 11.5 Å². The second kappa shape index (κ2) is 4.41. The Morgan fingerprint density at radius 1 is 1.19 bits per heavy atom. The van der Waals surface area contributed by atoms with Crippen LogP contribution in [0.4, 0.5) is 8.78 Å². The summed E-state index contributed by atoms with van der Waals surface area (Å²) in [5, 5.41) is 0. The maximum atomic E-state index is 13.0. The van der Waals surface area contributed by atoms with Gasteiger partial charge in [0, 0.05) is 6.07 Å². The average Bonchev–Trinajstić information content (AvgIpc) is 2.13. The molecule has 1 aliphatic heterocycles. The van der Waals surface area contributed by atoms with Gasteiger partial charge in [0.15, 0.2) is 0 Å². The molecule has 16 heavy (non-hydrogen) atoms. The van der Waals surface area contributed by atoms with Crippen molar-refractivity contribution >= 4 is 15.9 Å². The molecule has 1 aliphatic rings. The molecular weight excluding hydrogens is 278 g/mol. The zero-order chi connectivity index (χ0) is 11.9. The van der Waals surface area contributed by atoms with Crippen molar-refractivity contribution in [3.8, 4) is 0 Å². The van der Waals surface area contributed by atoms with E-state index < -0.39 is 11.6 Å². The fraction of sp³-hybridized carbons (Fsp3) is 0.500. The minimum absolute atomic E-state index is 0.108. The fourth-order valence-corrected chi connectivity index (χ4v) is 3.09. The van der Waals surface area contributed by atoms with E-state index in [4.69, 9.17) is 4.74 Å². The van der Waals surface area contributed by atoms with Gasteiger partial charge in [-0.25, -0.2) is 8.78 Å². The van der Waals surface area contributed by atoms with E-state index in [1.54, 1.807) is 0 Å². The molecule has 1 heterocycles. The summed E-state index contributed by atoms with van der Waals surface area (Å²) in [6.45, 7) is 4.11. The lowest BCUT2D eigenvalue weighted by Gasteiger charge is -2.44. The Morgan fingerprint density at radius 3 is 2.19 bits per heavy atom. The van der Waals surface area contributed by atoms with Crippen molar-refractivity contribution in [1.29, 1.82) is 0 Å². The van der Waals surface area contributed by atoms with E-state index in [9.17, 15) is 8.78 Å². The third kappa shape index (κ3) is 2.13. The van der Waals surface area contributed by atoms with Crippen LogP contribution in [0.5, 0.6) is 0 Å². The predicted molar refractivity (Wildman–Crippen MR) is 61.5 cm³/mol. The molecule has 0 N–H and O–H groups in total. The Kier molecular flexibility index (Phi) is 3.31. The molecule has 0 aliphatic carbocycles. The van der Waals surface area contributed by atoms with Crippen molar-refractivity contribution in [1.82, 2.24) is 0 Å². The van der Waals surface area contributed by atoms with E-state index in [1.807, 2.05) is 0 Å². The van der Waals surface area contributed by atoms with Crippen LogP contribution in [0.15, 0.2) is 18.2 Å². The summed E-state index contributed by atoms with van der Waals surface area (Å²) in [4.78, 5) is 0.119. The molecule has 3 atom stereocenters. The predicted octanol–water partition coefficient (Wildman–Crippen LogP) is 3.82. The maximum absolute atomic E-state index is 13.0. The van der Waals surface area contributed by atoms with Gasteiger partial charge >= 0.3 is 0 Å². The summed E-state index contributed by atoms with van der Waals surface area (Å²) in [5.74, 6) is -0.739. The Bertz CT molecular complexity index is 374. The van der Waals surface area contributed by atoms with Gasteiger partial charge in [-0.2, -0.15) is 0 Å². The van der Waals surface area contributed by atoms with Crippen LogP contribution < -0.4 is 0 Å². The minimum Gasteiger partial charge on any atom is -0.367 e. The molecule has 0 bridgehead atoms. The van der Waals surface area contributed by atoms with Crippen LogP contribution in [0.2, 0.25) is 0 Å². The Morgan fingerprint density at radius 2 is 1.75 bits per heavy atom. The first-order valence-electron chi connectivity index (χ1n) is 5.24. The first-order chi connectivity index (χ1) is 7.49. The van der Waals surface area contributed by atoms with Crippen molar-refractivity contribution in [3.05, 3.63) is 35.4 Å². The Balaban J connectivity index is 2.16. The van der Waals surface area contributed by atoms with Crippen molar-refractivity contribution in [2.24, 2.45) is 5.92 Å². The van der Waals surface area contributed by atoms with Gasteiger partial charge in [0.25, 0.3) is 0 Å². The van der Waals surface area contributed by atoms with Crippen LogP contribution in [-0.4, -0.2) is 10.9 Å². The van der Waals surface area contributed by atoms with Crippen LogP contribution >= 0.6 is 15.9 Å². The molecule has 0 aromatic heterocycles. The first kappa shape index (κ1) is 12.0. The lowest BCUT2D eigenvalue weighted by Crippen LogP contribution is -2.46. The van der Waals surface area contributed by atoms with E-state index in [2.05, 4.69) is 29.8 Å². The molecule has 0 spiro atoms. The molecule has 1 nitrogen and oxygen atoms in total. The fourth-order valence-electron chi connectivity index (χ4n) is 1.93. The number of halogens is 3. The molecule has 0 radical (unpaired) electrons. The van der Waals surface area contributed by atoms with Crippen LogP contribution in [0.1, 0.15) is 25.5 Å². The van der Waals surface area contributed by atoms with Crippen LogP contribution in [0.25, 0.3) is 0 Å². The smallest absolute Gasteiger partial charge is 0.126 e. The third-order valence-corrected chi connectivity index (χ3v) is 3.78. The molecule has 2 rings (SSSR count). The second-order valence-electron chi connectivity index (χ2n) is 4.41. The number of hydrogen-bond donors (Lipinski definition) is 0. The molecule has 4 heteroatoms. The topological polar surface area (TPSA) is 9.23 Å². The monoisotopic (exact) mass is 290 g/mol. The highest BCUT2D eigenvalue weighted by Gasteiger charge is 2.43. The Labute approximate surface area is 102 Å². The Hall–Kier alpha value is -0.480. The summed E-state index contributed by atoms with van der Waals surface area (Å²) < 4.78 is 31.7. The van der Waals surface area contributed by atoms with E-state index in [1.165, 1.54) is 12.1 Å². The van der Waals surface area contributed by atoms with E-state index >= 15 is 0 Å². The summed E-state index contributed by atoms with van der Waals surface area (Å²) in [6, 6.07) is 3.50. The highest BCUT2D eigenvalue weighted by molar-refractivity contribution is 9.09. The van der Waals surface area contributed by atoms with Crippen molar-refractivity contribution in [2.45, 2.75) is 30.9 Å². The summed E-state index contributed by atoms with van der Waals surface area (Å²) >= 11 is 3.51. The van der Waals surface area contributed by atoms with E-state index in [0.717, 1.165) is 6.07 Å². The number of alkyl halides is 1. The van der Waals surface area contributed by atoms with Gasteiger partial charge in [-0.1, -0.05) is 29.8 Å². The number of hydrogen-bond acceptors (Lipinski definition) is 1. The lowest BCUT2D eigenvalue weighted by molar-refractivity contribution is -0.136. The SMILES string of the molecule is CC(C)C1OC(c2cc(F)cc(F)c2)C1Br. The van der Waals surface area contributed by atoms with Crippen LogP contribution in [-0.2, 0) is 4.74 Å². The zero-order valence-corrected chi connectivity index (χ0v) is 10.7. The lowest BCUT2D eigenvalue weighted by atomic mass is 9.91. The molecule has 1 aromatic rings. The normalized spacial score (nSPS) is 29.2. The molecule has 0 amide bonds. The molecule has 88 valence electrons. The molecule has 3 unspecified atom stereocenters. The minimum atomic E-state index is -0.564. The molecule has 1 fully saturated rings. The molecule has 1 aromatic carbocycles. The van der Waals surface area contributed by atoms with Crippen LogP contribution in [0, 0.1) is 17.6 Å². The average molecular weight is 291 g/mol. The van der Waals surface area contributed by atoms with E-state index in [-0.39, 0.29) is 17.0 Å². The quantitative estimate of drug-likeness (QED) is 0.753. The first-order valence-corrected chi connectivity index (χ1v) is 6.16. The van der Waals surface area contributed by atoms with Gasteiger partial charge in [-0.05, 0) is 23.6 Å². The number of rotatable bonds is 2. The standard InChI is InChI=1S/C12H13BrF2O/c1-6(2)11-10(13)12(16-11)7-3-8(14)5-9(15)4-7/h3-6,10-12H,1-2H3.